The van der Waals surface area contributed by atoms with Gasteiger partial charge in [-0.1, -0.05) is 30.3 Å². The van der Waals surface area contributed by atoms with Gasteiger partial charge < -0.3 is 10.1 Å². The van der Waals surface area contributed by atoms with Crippen LogP contribution in [-0.4, -0.2) is 34.6 Å². The molecule has 1 heterocycles. The van der Waals surface area contributed by atoms with Crippen LogP contribution in [0.1, 0.15) is 21.6 Å². The first-order valence-electron chi connectivity index (χ1n) is 9.17. The fourth-order valence-electron chi connectivity index (χ4n) is 2.67. The van der Waals surface area contributed by atoms with Crippen molar-refractivity contribution in [1.29, 1.82) is 0 Å². The number of nitrogens with one attached hydrogen (secondary N) is 1. The van der Waals surface area contributed by atoms with E-state index in [4.69, 9.17) is 4.74 Å². The molecular formula is C22H21N3O4. The Morgan fingerprint density at radius 3 is 2.38 bits per heavy atom. The molecule has 0 aliphatic heterocycles. The molecule has 0 atom stereocenters. The highest BCUT2D eigenvalue weighted by Gasteiger charge is 2.09. The third-order valence-electron chi connectivity index (χ3n) is 4.17. The van der Waals surface area contributed by atoms with Crippen molar-refractivity contribution in [3.63, 3.8) is 0 Å². The van der Waals surface area contributed by atoms with Gasteiger partial charge in [-0.25, -0.2) is 4.68 Å². The van der Waals surface area contributed by atoms with Crippen LogP contribution in [0.25, 0.3) is 0 Å². The highest BCUT2D eigenvalue weighted by molar-refractivity contribution is 6.08. The van der Waals surface area contributed by atoms with Crippen LogP contribution in [0.2, 0.25) is 0 Å². The van der Waals surface area contributed by atoms with Crippen LogP contribution >= 0.6 is 0 Å². The molecule has 0 aliphatic rings. The molecule has 0 bridgehead atoms. The number of aromatic nitrogens is 2. The zero-order valence-corrected chi connectivity index (χ0v) is 16.0. The normalized spacial score (nSPS) is 10.4. The molecule has 0 radical (unpaired) electrons. The summed E-state index contributed by atoms with van der Waals surface area (Å²) >= 11 is 0. The molecule has 3 rings (SSSR count). The number of nitrogens with zero attached hydrogens (tertiary/aromatic N) is 2. The molecule has 1 amide bonds. The second-order valence-electron chi connectivity index (χ2n) is 6.39. The smallest absolute Gasteiger partial charge is 0.266 e. The maximum absolute atomic E-state index is 12.4. The topological polar surface area (TPSA) is 90.3 Å². The number of hydrogen-bond acceptors (Lipinski definition) is 5. The van der Waals surface area contributed by atoms with Crippen molar-refractivity contribution in [2.75, 3.05) is 13.2 Å². The van der Waals surface area contributed by atoms with Crippen molar-refractivity contribution in [3.05, 3.63) is 93.9 Å². The Morgan fingerprint density at radius 1 is 0.966 bits per heavy atom. The lowest BCUT2D eigenvalue weighted by atomic mass is 10.0. The van der Waals surface area contributed by atoms with Gasteiger partial charge in [0, 0.05) is 23.7 Å². The Labute approximate surface area is 168 Å². The third-order valence-corrected chi connectivity index (χ3v) is 4.17. The minimum atomic E-state index is -0.310. The number of aryl methyl sites for hydroxylation is 1. The summed E-state index contributed by atoms with van der Waals surface area (Å²) in [6, 6.07) is 18.7. The van der Waals surface area contributed by atoms with Crippen molar-refractivity contribution in [3.8, 4) is 5.75 Å². The summed E-state index contributed by atoms with van der Waals surface area (Å²) in [6.07, 6.45) is 0. The number of rotatable bonds is 8. The standard InChI is InChI=1S/C22H21N3O4/c1-16-7-12-21(27)25(24-16)14-13-23-20(26)15-29-19-10-8-18(9-11-19)22(28)17-5-3-2-4-6-17/h2-12H,13-15H2,1H3,(H,23,26). The van der Waals surface area contributed by atoms with Gasteiger partial charge in [0.2, 0.25) is 0 Å². The van der Waals surface area contributed by atoms with Gasteiger partial charge in [0.15, 0.2) is 12.4 Å². The number of carbonyl (C=O) groups excluding carboxylic acids is 2. The summed E-state index contributed by atoms with van der Waals surface area (Å²) in [5, 5.41) is 6.78. The van der Waals surface area contributed by atoms with Crippen LogP contribution < -0.4 is 15.6 Å². The molecular weight excluding hydrogens is 370 g/mol. The highest BCUT2D eigenvalue weighted by atomic mass is 16.5. The summed E-state index contributed by atoms with van der Waals surface area (Å²) in [4.78, 5) is 36.0. The lowest BCUT2D eigenvalue weighted by Gasteiger charge is -2.09. The van der Waals surface area contributed by atoms with Crippen molar-refractivity contribution >= 4 is 11.7 Å². The number of ether oxygens (including phenoxy) is 1. The Morgan fingerprint density at radius 2 is 1.66 bits per heavy atom. The average molecular weight is 391 g/mol. The Hall–Kier alpha value is -3.74. The number of amides is 1. The van der Waals surface area contributed by atoms with E-state index in [2.05, 4.69) is 10.4 Å². The van der Waals surface area contributed by atoms with E-state index in [9.17, 15) is 14.4 Å². The molecule has 7 nitrogen and oxygen atoms in total. The van der Waals surface area contributed by atoms with E-state index in [1.807, 2.05) is 18.2 Å². The molecule has 0 fully saturated rings. The molecule has 0 saturated carbocycles. The van der Waals surface area contributed by atoms with E-state index in [0.29, 0.717) is 16.9 Å². The zero-order valence-electron chi connectivity index (χ0n) is 16.0. The summed E-state index contributed by atoms with van der Waals surface area (Å²) in [7, 11) is 0. The minimum absolute atomic E-state index is 0.0742. The molecule has 0 unspecified atom stereocenters. The predicted octanol–water partition coefficient (Wildman–Crippen LogP) is 1.98. The summed E-state index contributed by atoms with van der Waals surface area (Å²) in [5.74, 6) is 0.103. The molecule has 0 aliphatic carbocycles. The van der Waals surface area contributed by atoms with Gasteiger partial charge in [0.05, 0.1) is 12.2 Å². The van der Waals surface area contributed by atoms with E-state index < -0.39 is 0 Å². The summed E-state index contributed by atoms with van der Waals surface area (Å²) in [5.41, 5.74) is 1.67. The average Bonchev–Trinajstić information content (AvgIpc) is 2.75. The van der Waals surface area contributed by atoms with Crippen LogP contribution in [-0.2, 0) is 11.3 Å². The number of benzene rings is 2. The third kappa shape index (κ3) is 5.62. The molecule has 1 aromatic heterocycles. The van der Waals surface area contributed by atoms with Crippen molar-refractivity contribution in [2.24, 2.45) is 0 Å². The molecule has 7 heteroatoms. The first-order chi connectivity index (χ1) is 14.0. The monoisotopic (exact) mass is 391 g/mol. The van der Waals surface area contributed by atoms with Gasteiger partial charge in [-0.3, -0.25) is 14.4 Å². The minimum Gasteiger partial charge on any atom is -0.484 e. The Kier molecular flexibility index (Phi) is 6.52. The zero-order chi connectivity index (χ0) is 20.6. The van der Waals surface area contributed by atoms with Gasteiger partial charge in [0.1, 0.15) is 5.75 Å². The fraction of sp³-hybridized carbons (Fsp3) is 0.182. The fourth-order valence-corrected chi connectivity index (χ4v) is 2.67. The van der Waals surface area contributed by atoms with Crippen molar-refractivity contribution < 1.29 is 14.3 Å². The van der Waals surface area contributed by atoms with Gasteiger partial charge in [-0.15, -0.1) is 0 Å². The first kappa shape index (κ1) is 20.0. The summed E-state index contributed by atoms with van der Waals surface area (Å²) in [6.45, 7) is 2.18. The second kappa shape index (κ2) is 9.45. The van der Waals surface area contributed by atoms with Crippen molar-refractivity contribution in [1.82, 2.24) is 15.1 Å². The number of ketones is 1. The van der Waals surface area contributed by atoms with Gasteiger partial charge >= 0.3 is 0 Å². The molecule has 0 spiro atoms. The molecule has 2 aromatic carbocycles. The number of hydrogen-bond donors (Lipinski definition) is 1. The maximum atomic E-state index is 12.4. The van der Waals surface area contributed by atoms with E-state index >= 15 is 0 Å². The van der Waals surface area contributed by atoms with Crippen LogP contribution in [0.4, 0.5) is 0 Å². The SMILES string of the molecule is Cc1ccc(=O)n(CCNC(=O)COc2ccc(C(=O)c3ccccc3)cc2)n1. The van der Waals surface area contributed by atoms with E-state index in [-0.39, 0.29) is 36.9 Å². The lowest BCUT2D eigenvalue weighted by molar-refractivity contribution is -0.123. The van der Waals surface area contributed by atoms with E-state index in [1.165, 1.54) is 10.7 Å². The Bertz CT molecular complexity index is 1040. The van der Waals surface area contributed by atoms with Crippen LogP contribution in [0.15, 0.2) is 71.5 Å². The number of carbonyl (C=O) groups is 2. The lowest BCUT2D eigenvalue weighted by Crippen LogP contribution is -2.34. The second-order valence-corrected chi connectivity index (χ2v) is 6.39. The summed E-state index contributed by atoms with van der Waals surface area (Å²) < 4.78 is 6.75. The van der Waals surface area contributed by atoms with Crippen LogP contribution in [0.5, 0.6) is 5.75 Å². The van der Waals surface area contributed by atoms with E-state index in [1.54, 1.807) is 49.4 Å². The molecule has 3 aromatic rings. The molecule has 148 valence electrons. The highest BCUT2D eigenvalue weighted by Crippen LogP contribution is 2.15. The molecule has 29 heavy (non-hydrogen) atoms. The van der Waals surface area contributed by atoms with Crippen molar-refractivity contribution in [2.45, 2.75) is 13.5 Å². The Balaban J connectivity index is 1.46. The van der Waals surface area contributed by atoms with Gasteiger partial charge in [0.25, 0.3) is 11.5 Å². The largest absolute Gasteiger partial charge is 0.484 e. The molecule has 1 N–H and O–H groups in total. The maximum Gasteiger partial charge on any atom is 0.266 e. The van der Waals surface area contributed by atoms with E-state index in [0.717, 1.165) is 5.69 Å². The molecule has 0 saturated heterocycles. The quantitative estimate of drug-likeness (QED) is 0.593. The predicted molar refractivity (Wildman–Crippen MR) is 108 cm³/mol. The van der Waals surface area contributed by atoms with Gasteiger partial charge in [-0.05, 0) is 37.3 Å². The van der Waals surface area contributed by atoms with Crippen LogP contribution in [0.3, 0.4) is 0 Å². The van der Waals surface area contributed by atoms with Crippen LogP contribution in [0, 0.1) is 6.92 Å². The van der Waals surface area contributed by atoms with Gasteiger partial charge in [-0.2, -0.15) is 5.10 Å². The first-order valence-corrected chi connectivity index (χ1v) is 9.17.